The summed E-state index contributed by atoms with van der Waals surface area (Å²) in [6.07, 6.45) is 8.13. The molecule has 1 fully saturated rings. The Hall–Kier alpha value is -1.90. The van der Waals surface area contributed by atoms with Crippen LogP contribution in [0.2, 0.25) is 0 Å². The van der Waals surface area contributed by atoms with E-state index in [-0.39, 0.29) is 17.9 Å². The second kappa shape index (κ2) is 8.52. The first-order valence-corrected chi connectivity index (χ1v) is 7.51. The molecule has 1 rings (SSSR count). The maximum Gasteiger partial charge on any atom is 0.200 e. The van der Waals surface area contributed by atoms with E-state index in [1.54, 1.807) is 13.0 Å². The highest BCUT2D eigenvalue weighted by Gasteiger charge is 2.17. The van der Waals surface area contributed by atoms with Gasteiger partial charge in [-0.25, -0.2) is 4.39 Å². The molecular weight excluding hydrogens is 282 g/mol. The second-order valence-corrected chi connectivity index (χ2v) is 5.38. The van der Waals surface area contributed by atoms with Gasteiger partial charge in [0.05, 0.1) is 6.61 Å². The number of halogens is 2. The molecule has 0 bridgehead atoms. The molecular formula is C19H24F2O. The Labute approximate surface area is 132 Å². The van der Waals surface area contributed by atoms with E-state index in [9.17, 15) is 8.78 Å². The molecule has 0 aromatic carbocycles. The molecule has 3 heteroatoms. The van der Waals surface area contributed by atoms with Crippen LogP contribution in [-0.2, 0) is 4.74 Å². The van der Waals surface area contributed by atoms with E-state index < -0.39 is 11.7 Å². The number of hydrogen-bond donors (Lipinski definition) is 0. The molecule has 120 valence electrons. The lowest BCUT2D eigenvalue weighted by molar-refractivity contribution is 0.224. The van der Waals surface area contributed by atoms with Crippen molar-refractivity contribution in [2.24, 2.45) is 5.92 Å². The predicted molar refractivity (Wildman–Crippen MR) is 88.5 cm³/mol. The predicted octanol–water partition coefficient (Wildman–Crippen LogP) is 6.10. The summed E-state index contributed by atoms with van der Waals surface area (Å²) in [7, 11) is 0. The van der Waals surface area contributed by atoms with E-state index in [4.69, 9.17) is 4.74 Å². The highest BCUT2D eigenvalue weighted by Crippen LogP contribution is 2.32. The molecule has 0 atom stereocenters. The molecule has 1 aliphatic rings. The lowest BCUT2D eigenvalue weighted by Gasteiger charge is -2.10. The van der Waals surface area contributed by atoms with Gasteiger partial charge in [-0.2, -0.15) is 4.39 Å². The van der Waals surface area contributed by atoms with Crippen LogP contribution < -0.4 is 0 Å². The first-order chi connectivity index (χ1) is 10.4. The average Bonchev–Trinajstić information content (AvgIpc) is 3.04. The number of allylic oxidation sites excluding steroid dienone is 7. The van der Waals surface area contributed by atoms with E-state index in [2.05, 4.69) is 26.3 Å². The Morgan fingerprint density at radius 3 is 2.18 bits per heavy atom. The molecule has 1 saturated carbocycles. The van der Waals surface area contributed by atoms with Crippen LogP contribution >= 0.6 is 0 Å². The zero-order valence-electron chi connectivity index (χ0n) is 13.3. The molecule has 0 aromatic heterocycles. The van der Waals surface area contributed by atoms with Crippen LogP contribution in [0.15, 0.2) is 72.6 Å². The minimum Gasteiger partial charge on any atom is -0.491 e. The third-order valence-electron chi connectivity index (χ3n) is 3.79. The van der Waals surface area contributed by atoms with Crippen LogP contribution in [0.5, 0.6) is 0 Å². The minimum atomic E-state index is -1.14. The largest absolute Gasteiger partial charge is 0.491 e. The molecule has 0 aromatic rings. The fourth-order valence-corrected chi connectivity index (χ4v) is 2.37. The van der Waals surface area contributed by atoms with Gasteiger partial charge in [-0.05, 0) is 31.3 Å². The van der Waals surface area contributed by atoms with Crippen molar-refractivity contribution in [1.82, 2.24) is 0 Å². The lowest BCUT2D eigenvalue weighted by atomic mass is 9.97. The van der Waals surface area contributed by atoms with Crippen molar-refractivity contribution in [2.75, 3.05) is 6.61 Å². The average molecular weight is 306 g/mol. The molecule has 0 aliphatic heterocycles. The van der Waals surface area contributed by atoms with Gasteiger partial charge in [0.15, 0.2) is 11.6 Å². The van der Waals surface area contributed by atoms with E-state index in [1.807, 2.05) is 6.08 Å². The second-order valence-electron chi connectivity index (χ2n) is 5.38. The van der Waals surface area contributed by atoms with Crippen LogP contribution in [0, 0.1) is 5.92 Å². The van der Waals surface area contributed by atoms with Crippen molar-refractivity contribution in [1.29, 1.82) is 0 Å². The maximum atomic E-state index is 14.0. The van der Waals surface area contributed by atoms with Crippen LogP contribution in [0.25, 0.3) is 0 Å². The summed E-state index contributed by atoms with van der Waals surface area (Å²) in [6.45, 7) is 16.5. The van der Waals surface area contributed by atoms with Crippen molar-refractivity contribution in [3.05, 3.63) is 72.6 Å². The molecule has 0 unspecified atom stereocenters. The third kappa shape index (κ3) is 4.83. The van der Waals surface area contributed by atoms with Gasteiger partial charge in [0, 0.05) is 5.57 Å². The zero-order chi connectivity index (χ0) is 16.7. The lowest BCUT2D eigenvalue weighted by Crippen LogP contribution is -1.96. The Bertz CT molecular complexity index is 532. The van der Waals surface area contributed by atoms with Gasteiger partial charge in [-0.15, -0.1) is 0 Å². The SMILES string of the molecule is C=C(/C=C\C(=C)C1CCCC1)C(=C)/C(F)=C(/F)C(=C)OCC. The standard InChI is InChI=1S/C19H24F2O/c1-6-22-16(5)19(21)18(20)15(4)13(2)11-12-14(3)17-9-7-8-10-17/h11-12,17H,2-10H2,1H3/b12-11-,19-18-. The highest BCUT2D eigenvalue weighted by atomic mass is 19.2. The fourth-order valence-electron chi connectivity index (χ4n) is 2.37. The molecule has 1 aliphatic carbocycles. The molecule has 0 spiro atoms. The number of rotatable bonds is 8. The highest BCUT2D eigenvalue weighted by molar-refractivity contribution is 5.49. The van der Waals surface area contributed by atoms with E-state index in [1.165, 1.54) is 12.8 Å². The summed E-state index contributed by atoms with van der Waals surface area (Å²) >= 11 is 0. The van der Waals surface area contributed by atoms with Gasteiger partial charge in [-0.3, -0.25) is 0 Å². The first-order valence-electron chi connectivity index (χ1n) is 7.51. The Morgan fingerprint density at radius 2 is 1.64 bits per heavy atom. The van der Waals surface area contributed by atoms with Gasteiger partial charge < -0.3 is 4.74 Å². The Kier molecular flexibility index (Phi) is 7.03. The van der Waals surface area contributed by atoms with Crippen LogP contribution in [-0.4, -0.2) is 6.61 Å². The number of hydrogen-bond acceptors (Lipinski definition) is 1. The Balaban J connectivity index is 2.71. The molecule has 0 N–H and O–H groups in total. The normalized spacial score (nSPS) is 16.5. The summed E-state index contributed by atoms with van der Waals surface area (Å²) in [5.41, 5.74) is 1.18. The molecule has 0 saturated heterocycles. The number of ether oxygens (including phenoxy) is 1. The van der Waals surface area contributed by atoms with E-state index in [0.29, 0.717) is 11.5 Å². The quantitative estimate of drug-likeness (QED) is 0.389. The van der Waals surface area contributed by atoms with Crippen molar-refractivity contribution < 1.29 is 13.5 Å². The van der Waals surface area contributed by atoms with Crippen molar-refractivity contribution in [2.45, 2.75) is 32.6 Å². The van der Waals surface area contributed by atoms with Gasteiger partial charge >= 0.3 is 0 Å². The van der Waals surface area contributed by atoms with Gasteiger partial charge in [0.2, 0.25) is 5.83 Å². The maximum absolute atomic E-state index is 14.0. The monoisotopic (exact) mass is 306 g/mol. The third-order valence-corrected chi connectivity index (χ3v) is 3.79. The molecule has 0 radical (unpaired) electrons. The van der Waals surface area contributed by atoms with Crippen molar-refractivity contribution in [3.63, 3.8) is 0 Å². The van der Waals surface area contributed by atoms with E-state index in [0.717, 1.165) is 18.4 Å². The summed E-state index contributed by atoms with van der Waals surface area (Å²) in [6, 6.07) is 0. The van der Waals surface area contributed by atoms with Crippen LogP contribution in [0.3, 0.4) is 0 Å². The molecule has 1 nitrogen and oxygen atoms in total. The van der Waals surface area contributed by atoms with Crippen molar-refractivity contribution in [3.8, 4) is 0 Å². The van der Waals surface area contributed by atoms with Crippen molar-refractivity contribution >= 4 is 0 Å². The summed E-state index contributed by atoms with van der Waals surface area (Å²) < 4.78 is 32.6. The van der Waals surface area contributed by atoms with E-state index >= 15 is 0 Å². The first kappa shape index (κ1) is 18.1. The van der Waals surface area contributed by atoms with Gasteiger partial charge in [-0.1, -0.05) is 56.9 Å². The summed E-state index contributed by atoms with van der Waals surface area (Å²) in [5, 5.41) is 0. The van der Waals surface area contributed by atoms with Gasteiger partial charge in [0.1, 0.15) is 0 Å². The smallest absolute Gasteiger partial charge is 0.200 e. The Morgan fingerprint density at radius 1 is 1.05 bits per heavy atom. The molecule has 22 heavy (non-hydrogen) atoms. The fraction of sp³-hybridized carbons (Fsp3) is 0.368. The van der Waals surface area contributed by atoms with Crippen LogP contribution in [0.1, 0.15) is 32.6 Å². The molecule has 0 heterocycles. The summed E-state index contributed by atoms with van der Waals surface area (Å²) in [5.74, 6) is -2.10. The topological polar surface area (TPSA) is 9.23 Å². The minimum absolute atomic E-state index is 0.117. The summed E-state index contributed by atoms with van der Waals surface area (Å²) in [4.78, 5) is 0. The molecule has 0 amide bonds. The zero-order valence-corrected chi connectivity index (χ0v) is 13.3. The van der Waals surface area contributed by atoms with Gasteiger partial charge in [0.25, 0.3) is 0 Å². The van der Waals surface area contributed by atoms with Crippen LogP contribution in [0.4, 0.5) is 8.78 Å².